The number of ether oxygens (including phenoxy) is 2. The van der Waals surface area contributed by atoms with E-state index in [9.17, 15) is 5.11 Å². The number of halogens is 1. The van der Waals surface area contributed by atoms with Gasteiger partial charge >= 0.3 is 0 Å². The van der Waals surface area contributed by atoms with Crippen molar-refractivity contribution in [2.24, 2.45) is 0 Å². The Morgan fingerprint density at radius 2 is 2.06 bits per heavy atom. The third-order valence-electron chi connectivity index (χ3n) is 7.16. The molecule has 0 spiro atoms. The molecule has 2 aromatic carbocycles. The van der Waals surface area contributed by atoms with Gasteiger partial charge in [-0.1, -0.05) is 42.0 Å². The molecule has 3 aliphatic rings. The first-order valence-corrected chi connectivity index (χ1v) is 13.2. The summed E-state index contributed by atoms with van der Waals surface area (Å²) in [6.45, 7) is 7.81. The van der Waals surface area contributed by atoms with Crippen molar-refractivity contribution in [1.82, 2.24) is 10.2 Å². The number of nitrogens with zero attached hydrogens (tertiary/aromatic N) is 1. The Labute approximate surface area is 219 Å². The molecule has 0 radical (unpaired) electrons. The molecular weight excluding hydrogens is 472 g/mol. The number of rotatable bonds is 7. The van der Waals surface area contributed by atoms with Crippen LogP contribution in [0.2, 0.25) is 5.02 Å². The molecule has 0 aromatic heterocycles. The Morgan fingerprint density at radius 1 is 1.22 bits per heavy atom. The summed E-state index contributed by atoms with van der Waals surface area (Å²) in [6, 6.07) is 14.0. The van der Waals surface area contributed by atoms with Crippen molar-refractivity contribution >= 4 is 17.2 Å². The Hall–Kier alpha value is -2.57. The molecule has 0 saturated carbocycles. The molecule has 2 N–H and O–H groups in total. The lowest BCUT2D eigenvalue weighted by atomic mass is 9.88. The topological polar surface area (TPSA) is 54.0 Å². The summed E-state index contributed by atoms with van der Waals surface area (Å²) >= 11 is 5.98. The fraction of sp³-hybridized carbons (Fsp3) is 0.400. The Kier molecular flexibility index (Phi) is 7.54. The van der Waals surface area contributed by atoms with Crippen molar-refractivity contribution in [3.05, 3.63) is 94.2 Å². The van der Waals surface area contributed by atoms with Crippen molar-refractivity contribution in [3.8, 4) is 5.75 Å². The number of fused-ring (bicyclic) bond motifs is 2. The van der Waals surface area contributed by atoms with Crippen LogP contribution in [0, 0.1) is 0 Å². The maximum atomic E-state index is 10.6. The molecule has 6 heteroatoms. The molecule has 190 valence electrons. The van der Waals surface area contributed by atoms with Gasteiger partial charge in [0.15, 0.2) is 0 Å². The molecule has 2 atom stereocenters. The van der Waals surface area contributed by atoms with Gasteiger partial charge in [-0.05, 0) is 85.5 Å². The maximum Gasteiger partial charge on any atom is 0.127 e. The number of benzene rings is 2. The fourth-order valence-corrected chi connectivity index (χ4v) is 5.20. The van der Waals surface area contributed by atoms with Gasteiger partial charge in [-0.25, -0.2) is 0 Å². The van der Waals surface area contributed by atoms with Crippen LogP contribution in [0.25, 0.3) is 5.57 Å². The highest BCUT2D eigenvalue weighted by Crippen LogP contribution is 2.39. The van der Waals surface area contributed by atoms with Crippen molar-refractivity contribution in [2.75, 3.05) is 26.2 Å². The standard InChI is InChI=1S/C30H35ClN2O3/c1-30(2,34)22-9-12-29-27(17-22)25(26-5-3-14-32-28(26)20-36-29)6-4-15-33-16-13-24(18-33)35-19-21-7-10-23(31)11-8-21/h3,5-12,14,17,24,28,32,34H,4,13,15-16,18-20H2,1-2H3/b25-6+/t24-,28?/m1/s1. The van der Waals surface area contributed by atoms with Gasteiger partial charge in [-0.3, -0.25) is 0 Å². The van der Waals surface area contributed by atoms with Crippen LogP contribution in [0.4, 0.5) is 0 Å². The summed E-state index contributed by atoms with van der Waals surface area (Å²) in [6.07, 6.45) is 10.8. The first-order chi connectivity index (χ1) is 17.4. The van der Waals surface area contributed by atoms with Gasteiger partial charge < -0.3 is 24.8 Å². The second-order valence-corrected chi connectivity index (χ2v) is 10.8. The minimum absolute atomic E-state index is 0.108. The lowest BCUT2D eigenvalue weighted by Gasteiger charge is -2.23. The maximum absolute atomic E-state index is 10.6. The molecule has 3 heterocycles. The molecule has 0 bridgehead atoms. The summed E-state index contributed by atoms with van der Waals surface area (Å²) in [5.41, 5.74) is 4.59. The van der Waals surface area contributed by atoms with E-state index < -0.39 is 5.60 Å². The van der Waals surface area contributed by atoms with Crippen LogP contribution < -0.4 is 10.1 Å². The lowest BCUT2D eigenvalue weighted by molar-refractivity contribution is 0.0468. The van der Waals surface area contributed by atoms with Gasteiger partial charge in [-0.2, -0.15) is 0 Å². The van der Waals surface area contributed by atoms with E-state index in [1.165, 1.54) is 11.1 Å². The minimum atomic E-state index is -0.915. The van der Waals surface area contributed by atoms with E-state index in [4.69, 9.17) is 21.1 Å². The highest BCUT2D eigenvalue weighted by Gasteiger charge is 2.28. The van der Waals surface area contributed by atoms with Crippen LogP contribution in [0.3, 0.4) is 0 Å². The first-order valence-electron chi connectivity index (χ1n) is 12.8. The Morgan fingerprint density at radius 3 is 2.86 bits per heavy atom. The average molecular weight is 507 g/mol. The largest absolute Gasteiger partial charge is 0.490 e. The predicted octanol–water partition coefficient (Wildman–Crippen LogP) is 5.44. The summed E-state index contributed by atoms with van der Waals surface area (Å²) in [4.78, 5) is 2.48. The lowest BCUT2D eigenvalue weighted by Crippen LogP contribution is -2.33. The van der Waals surface area contributed by atoms with Crippen molar-refractivity contribution in [2.45, 2.75) is 51.0 Å². The number of likely N-dealkylation sites (tertiary alicyclic amines) is 1. The van der Waals surface area contributed by atoms with Crippen LogP contribution in [0.5, 0.6) is 5.75 Å². The van der Waals surface area contributed by atoms with Crippen molar-refractivity contribution in [3.63, 3.8) is 0 Å². The normalized spacial score (nSPS) is 22.9. The predicted molar refractivity (Wildman–Crippen MR) is 145 cm³/mol. The third kappa shape index (κ3) is 5.87. The van der Waals surface area contributed by atoms with Gasteiger partial charge in [0.2, 0.25) is 0 Å². The molecule has 5 nitrogen and oxygen atoms in total. The number of dihydropyridines is 1. The fourth-order valence-electron chi connectivity index (χ4n) is 5.07. The third-order valence-corrected chi connectivity index (χ3v) is 7.41. The number of hydrogen-bond acceptors (Lipinski definition) is 5. The van der Waals surface area contributed by atoms with E-state index >= 15 is 0 Å². The van der Waals surface area contributed by atoms with Crippen LogP contribution in [0.15, 0.2) is 72.5 Å². The Bertz CT molecular complexity index is 1160. The molecule has 36 heavy (non-hydrogen) atoms. The van der Waals surface area contributed by atoms with Crippen LogP contribution >= 0.6 is 11.6 Å². The summed E-state index contributed by atoms with van der Waals surface area (Å²) < 4.78 is 12.4. The molecular formula is C30H35ClN2O3. The van der Waals surface area contributed by atoms with Crippen LogP contribution in [-0.2, 0) is 16.9 Å². The van der Waals surface area contributed by atoms with Gasteiger partial charge in [-0.15, -0.1) is 0 Å². The zero-order chi connectivity index (χ0) is 25.1. The number of allylic oxidation sites excluding steroid dienone is 2. The van der Waals surface area contributed by atoms with Gasteiger partial charge in [0.25, 0.3) is 0 Å². The van der Waals surface area contributed by atoms with Crippen molar-refractivity contribution < 1.29 is 14.6 Å². The summed E-state index contributed by atoms with van der Waals surface area (Å²) in [7, 11) is 0. The van der Waals surface area contributed by atoms with Crippen LogP contribution in [0.1, 0.15) is 43.4 Å². The van der Waals surface area contributed by atoms with Crippen LogP contribution in [-0.4, -0.2) is 48.4 Å². The van der Waals surface area contributed by atoms with Gasteiger partial charge in [0, 0.05) is 30.2 Å². The molecule has 1 unspecified atom stereocenters. The molecule has 1 fully saturated rings. The highest BCUT2D eigenvalue weighted by molar-refractivity contribution is 6.30. The van der Waals surface area contributed by atoms with E-state index in [0.717, 1.165) is 59.9 Å². The van der Waals surface area contributed by atoms with E-state index in [-0.39, 0.29) is 12.1 Å². The van der Waals surface area contributed by atoms with E-state index in [0.29, 0.717) is 13.2 Å². The minimum Gasteiger partial charge on any atom is -0.490 e. The average Bonchev–Trinajstić information content (AvgIpc) is 3.26. The van der Waals surface area contributed by atoms with E-state index in [2.05, 4.69) is 28.4 Å². The molecule has 0 amide bonds. The number of nitrogens with one attached hydrogen (secondary N) is 1. The first kappa shape index (κ1) is 25.1. The van der Waals surface area contributed by atoms with Gasteiger partial charge in [0.05, 0.1) is 24.4 Å². The molecule has 5 rings (SSSR count). The summed E-state index contributed by atoms with van der Waals surface area (Å²) in [5.74, 6) is 0.864. The van der Waals surface area contributed by atoms with Gasteiger partial charge in [0.1, 0.15) is 12.4 Å². The number of hydrogen-bond donors (Lipinski definition) is 2. The number of aliphatic hydroxyl groups is 1. The molecule has 2 aromatic rings. The molecule has 1 saturated heterocycles. The second-order valence-electron chi connectivity index (χ2n) is 10.3. The van der Waals surface area contributed by atoms with E-state index in [1.807, 2.05) is 62.5 Å². The molecule has 0 aliphatic carbocycles. The highest BCUT2D eigenvalue weighted by atomic mass is 35.5. The summed E-state index contributed by atoms with van der Waals surface area (Å²) in [5, 5.41) is 14.8. The zero-order valence-corrected chi connectivity index (χ0v) is 21.8. The smallest absolute Gasteiger partial charge is 0.127 e. The SMILES string of the molecule is CC(C)(O)c1ccc2c(c1)/C(=C/CCN1CC[C@@H](OCc3ccc(Cl)cc3)C1)C1=CC=CNC1CO2. The second kappa shape index (κ2) is 10.8. The quantitative estimate of drug-likeness (QED) is 0.524. The monoisotopic (exact) mass is 506 g/mol. The van der Waals surface area contributed by atoms with Crippen molar-refractivity contribution in [1.29, 1.82) is 0 Å². The van der Waals surface area contributed by atoms with E-state index in [1.54, 1.807) is 0 Å². The zero-order valence-electron chi connectivity index (χ0n) is 21.0. The molecule has 3 aliphatic heterocycles. The Balaban J connectivity index is 1.27.